The van der Waals surface area contributed by atoms with Crippen molar-refractivity contribution in [3.63, 3.8) is 0 Å². The molecule has 0 fully saturated rings. The molecule has 18 rings (SSSR count). The van der Waals surface area contributed by atoms with Crippen LogP contribution in [0.15, 0.2) is 264 Å². The van der Waals surface area contributed by atoms with Crippen LogP contribution in [0.3, 0.4) is 0 Å². The topological polar surface area (TPSA) is 41.6 Å². The Bertz CT molecular complexity index is 5830. The Kier molecular flexibility index (Phi) is 10.5. The average Bonchev–Trinajstić information content (AvgIpc) is 1.51. The highest BCUT2D eigenvalue weighted by Crippen LogP contribution is 2.58. The number of anilines is 6. The van der Waals surface area contributed by atoms with Crippen molar-refractivity contribution in [2.75, 3.05) is 9.80 Å². The number of benzene rings is 12. The molecule has 0 saturated carbocycles. The van der Waals surface area contributed by atoms with E-state index in [1.54, 1.807) is 0 Å². The van der Waals surface area contributed by atoms with Crippen molar-refractivity contribution in [1.82, 2.24) is 8.80 Å². The molecule has 0 amide bonds. The summed E-state index contributed by atoms with van der Waals surface area (Å²) in [5, 5.41) is 12.7. The Morgan fingerprint density at radius 1 is 0.379 bits per heavy atom. The lowest BCUT2D eigenvalue weighted by molar-refractivity contribution is 0.603. The highest BCUT2D eigenvalue weighted by atomic mass is 16.3. The number of allylic oxidation sites excluding steroid dienone is 1. The standard InChI is InChI=1S/C81H54N4O2/c1-5-25-66-54(6-2)56-42-40-48(3)74(80(56)86-66)82(52-30-15-9-16-31-52)64-46-44-60-72-68(50-26-11-7-12-27-50)79-73(69(51-28-13-8-14-29-51)78(72)84-62-37-22-19-35-58(62)70(64)76(60)84)61-45-47-65(71-59-36-20-23-38-63(59)85(79)77(61)71)83(53-32-17-10-18-33-53)75-49(4)41-43-57-55-34-21-24-39-67(55)87-81(57)75/h5-47H,2H2,1,3-4H3/b25-5-. The van der Waals surface area contributed by atoms with Crippen LogP contribution in [0.25, 0.3) is 144 Å². The number of para-hydroxylation sites is 5. The summed E-state index contributed by atoms with van der Waals surface area (Å²) in [6.45, 7) is 10.7. The van der Waals surface area contributed by atoms with Crippen molar-refractivity contribution in [1.29, 1.82) is 0 Å². The molecular weight excluding hydrogens is 1060 g/mol. The number of aryl methyl sites for hydroxylation is 2. The molecule has 18 aromatic rings. The third kappa shape index (κ3) is 6.69. The fourth-order valence-electron chi connectivity index (χ4n) is 15.0. The third-order valence-corrected chi connectivity index (χ3v) is 18.4. The molecule has 0 bridgehead atoms. The second-order valence-corrected chi connectivity index (χ2v) is 23.1. The number of furan rings is 2. The minimum absolute atomic E-state index is 0.789. The molecule has 87 heavy (non-hydrogen) atoms. The van der Waals surface area contributed by atoms with Crippen molar-refractivity contribution in [2.24, 2.45) is 0 Å². The molecule has 6 aromatic heterocycles. The van der Waals surface area contributed by atoms with E-state index in [4.69, 9.17) is 8.83 Å². The van der Waals surface area contributed by atoms with Gasteiger partial charge in [0.25, 0.3) is 0 Å². The SMILES string of the molecule is C=Cc1c(/C=C\C)oc2c(N(c3ccccc3)c3ccc4c5c(-c6ccccc6)c6c(c(-c7ccccc7)c5n5c7ccccc7c3c45)c3ccc(N(c4ccccc4)c4c(C)ccc5c4oc4ccccc45)c4c5ccccc5n6c34)c(C)ccc12. The van der Waals surface area contributed by atoms with E-state index < -0.39 is 0 Å². The van der Waals surface area contributed by atoms with Crippen LogP contribution in [0.4, 0.5) is 34.1 Å². The third-order valence-electron chi connectivity index (χ3n) is 18.4. The van der Waals surface area contributed by atoms with Crippen molar-refractivity contribution in [3.8, 4) is 22.3 Å². The van der Waals surface area contributed by atoms with Gasteiger partial charge in [0.2, 0.25) is 0 Å². The van der Waals surface area contributed by atoms with E-state index in [1.165, 1.54) is 70.9 Å². The molecule has 12 aromatic carbocycles. The van der Waals surface area contributed by atoms with E-state index >= 15 is 0 Å². The Morgan fingerprint density at radius 2 is 0.805 bits per heavy atom. The number of aromatic nitrogens is 2. The van der Waals surface area contributed by atoms with Gasteiger partial charge in [0.15, 0.2) is 11.2 Å². The van der Waals surface area contributed by atoms with E-state index in [2.05, 4.69) is 282 Å². The predicted molar refractivity (Wildman–Crippen MR) is 367 cm³/mol. The van der Waals surface area contributed by atoms with Crippen LogP contribution < -0.4 is 9.80 Å². The zero-order chi connectivity index (χ0) is 57.8. The van der Waals surface area contributed by atoms with Crippen LogP contribution >= 0.6 is 0 Å². The first-order chi connectivity index (χ1) is 43.0. The number of hydrogen-bond donors (Lipinski definition) is 0. The minimum Gasteiger partial charge on any atom is -0.454 e. The molecule has 410 valence electrons. The molecule has 0 atom stereocenters. The molecule has 6 heteroatoms. The molecule has 0 aliphatic heterocycles. The smallest absolute Gasteiger partial charge is 0.159 e. The normalized spacial score (nSPS) is 12.3. The summed E-state index contributed by atoms with van der Waals surface area (Å²) in [6.07, 6.45) is 5.99. The molecular formula is C81H54N4O2. The molecule has 0 radical (unpaired) electrons. The largest absolute Gasteiger partial charge is 0.454 e. The van der Waals surface area contributed by atoms with Gasteiger partial charge < -0.3 is 27.4 Å². The summed E-state index contributed by atoms with van der Waals surface area (Å²) in [7, 11) is 0. The van der Waals surface area contributed by atoms with E-state index in [0.717, 1.165) is 117 Å². The number of nitrogens with zero attached hydrogens (tertiary/aromatic N) is 4. The highest BCUT2D eigenvalue weighted by Gasteiger charge is 2.35. The van der Waals surface area contributed by atoms with Crippen molar-refractivity contribution < 1.29 is 8.83 Å². The van der Waals surface area contributed by atoms with Gasteiger partial charge in [-0.05, 0) is 104 Å². The molecule has 6 heterocycles. The first-order valence-electron chi connectivity index (χ1n) is 29.9. The maximum Gasteiger partial charge on any atom is 0.159 e. The summed E-state index contributed by atoms with van der Waals surface area (Å²) >= 11 is 0. The van der Waals surface area contributed by atoms with Crippen molar-refractivity contribution in [2.45, 2.75) is 20.8 Å². The quantitative estimate of drug-likeness (QED) is 0.137. The lowest BCUT2D eigenvalue weighted by atomic mass is 9.89. The average molecular weight is 1120 g/mol. The van der Waals surface area contributed by atoms with Crippen molar-refractivity contribution in [3.05, 3.63) is 278 Å². The van der Waals surface area contributed by atoms with E-state index in [-0.39, 0.29) is 0 Å². The maximum absolute atomic E-state index is 6.99. The fourth-order valence-corrected chi connectivity index (χ4v) is 15.0. The second-order valence-electron chi connectivity index (χ2n) is 23.1. The van der Waals surface area contributed by atoms with Gasteiger partial charge in [-0.1, -0.05) is 207 Å². The van der Waals surface area contributed by atoms with Gasteiger partial charge in [0, 0.05) is 87.3 Å². The van der Waals surface area contributed by atoms with Gasteiger partial charge in [-0.2, -0.15) is 0 Å². The molecule has 0 spiro atoms. The van der Waals surface area contributed by atoms with Crippen LogP contribution in [-0.2, 0) is 0 Å². The zero-order valence-corrected chi connectivity index (χ0v) is 48.1. The number of hydrogen-bond acceptors (Lipinski definition) is 4. The maximum atomic E-state index is 6.99. The van der Waals surface area contributed by atoms with E-state index in [1.807, 2.05) is 25.2 Å². The van der Waals surface area contributed by atoms with E-state index in [9.17, 15) is 0 Å². The Hall–Kier alpha value is -11.3. The van der Waals surface area contributed by atoms with Crippen LogP contribution in [0.1, 0.15) is 29.4 Å². The zero-order valence-electron chi connectivity index (χ0n) is 48.1. The van der Waals surface area contributed by atoms with Gasteiger partial charge in [-0.15, -0.1) is 0 Å². The molecule has 0 N–H and O–H groups in total. The van der Waals surface area contributed by atoms with Crippen molar-refractivity contribution >= 4 is 155 Å². The first kappa shape index (κ1) is 49.1. The predicted octanol–water partition coefficient (Wildman–Crippen LogP) is 23.2. The summed E-state index contributed by atoms with van der Waals surface area (Å²) in [6, 6.07) is 88.8. The summed E-state index contributed by atoms with van der Waals surface area (Å²) in [5.74, 6) is 0.789. The van der Waals surface area contributed by atoms with Gasteiger partial charge >= 0.3 is 0 Å². The van der Waals surface area contributed by atoms with Crippen LogP contribution in [-0.4, -0.2) is 8.80 Å². The molecule has 0 aliphatic rings. The summed E-state index contributed by atoms with van der Waals surface area (Å²) < 4.78 is 19.2. The highest BCUT2D eigenvalue weighted by molar-refractivity contribution is 6.40. The number of rotatable bonds is 10. The van der Waals surface area contributed by atoms with Gasteiger partial charge in [0.1, 0.15) is 11.3 Å². The van der Waals surface area contributed by atoms with Crippen LogP contribution in [0.2, 0.25) is 0 Å². The summed E-state index contributed by atoms with van der Waals surface area (Å²) in [5.41, 5.74) is 23.6. The Morgan fingerprint density at radius 3 is 1.30 bits per heavy atom. The van der Waals surface area contributed by atoms with Gasteiger partial charge in [0.05, 0.1) is 55.8 Å². The fraction of sp³-hybridized carbons (Fsp3) is 0.0370. The van der Waals surface area contributed by atoms with Gasteiger partial charge in [-0.3, -0.25) is 0 Å². The Balaban J connectivity index is 1.03. The lowest BCUT2D eigenvalue weighted by Crippen LogP contribution is -2.12. The monoisotopic (exact) mass is 1110 g/mol. The molecule has 0 saturated heterocycles. The summed E-state index contributed by atoms with van der Waals surface area (Å²) in [4.78, 5) is 4.89. The van der Waals surface area contributed by atoms with E-state index in [0.29, 0.717) is 0 Å². The number of fused-ring (bicyclic) bond motifs is 16. The Labute approximate surface area is 500 Å². The minimum atomic E-state index is 0.789. The van der Waals surface area contributed by atoms with Crippen LogP contribution in [0.5, 0.6) is 0 Å². The van der Waals surface area contributed by atoms with Crippen LogP contribution in [0, 0.1) is 13.8 Å². The second kappa shape index (κ2) is 18.6. The first-order valence-corrected chi connectivity index (χ1v) is 29.9. The molecule has 6 nitrogen and oxygen atoms in total. The lowest BCUT2D eigenvalue weighted by Gasteiger charge is -2.28. The molecule has 0 unspecified atom stereocenters. The molecule has 0 aliphatic carbocycles. The van der Waals surface area contributed by atoms with Gasteiger partial charge in [-0.25, -0.2) is 0 Å².